The lowest BCUT2D eigenvalue weighted by molar-refractivity contribution is -0.143. The van der Waals surface area contributed by atoms with Crippen LogP contribution in [0.15, 0.2) is 36.4 Å². The van der Waals surface area contributed by atoms with Crippen molar-refractivity contribution in [3.05, 3.63) is 58.7 Å². The molecule has 1 amide bonds. The summed E-state index contributed by atoms with van der Waals surface area (Å²) in [5.41, 5.74) is -2.43. The molecule has 14 heteroatoms. The zero-order valence-electron chi connectivity index (χ0n) is 24.3. The number of para-hydroxylation sites is 1. The zero-order chi connectivity index (χ0) is 32.1. The molecule has 4 rings (SSSR count). The van der Waals surface area contributed by atoms with E-state index in [2.05, 4.69) is 4.90 Å². The van der Waals surface area contributed by atoms with Crippen molar-refractivity contribution in [3.8, 4) is 11.5 Å². The third-order valence-electron chi connectivity index (χ3n) is 8.09. The number of halogens is 6. The average molecular weight is 634 g/mol. The molecule has 1 unspecified atom stereocenters. The van der Waals surface area contributed by atoms with Crippen LogP contribution in [0.3, 0.4) is 0 Å². The van der Waals surface area contributed by atoms with E-state index in [1.54, 1.807) is 18.2 Å². The lowest BCUT2D eigenvalue weighted by Gasteiger charge is -2.42. The van der Waals surface area contributed by atoms with Crippen LogP contribution in [0, 0.1) is 0 Å². The number of carbonyl (C=O) groups excluding carboxylic acids is 1. The summed E-state index contributed by atoms with van der Waals surface area (Å²) in [5, 5.41) is 18.8. The second kappa shape index (κ2) is 14.4. The van der Waals surface area contributed by atoms with Gasteiger partial charge in [-0.2, -0.15) is 26.3 Å². The normalized spacial score (nSPS) is 16.9. The van der Waals surface area contributed by atoms with Crippen molar-refractivity contribution in [2.75, 3.05) is 59.8 Å². The lowest BCUT2D eigenvalue weighted by atomic mass is 9.96. The third-order valence-corrected chi connectivity index (χ3v) is 8.09. The van der Waals surface area contributed by atoms with Crippen molar-refractivity contribution in [2.45, 2.75) is 50.1 Å². The highest BCUT2D eigenvalue weighted by atomic mass is 19.4. The highest BCUT2D eigenvalue weighted by molar-refractivity contribution is 5.84. The van der Waals surface area contributed by atoms with Crippen LogP contribution < -0.4 is 9.47 Å². The summed E-state index contributed by atoms with van der Waals surface area (Å²) in [4.78, 5) is 19.5. The molecule has 1 saturated heterocycles. The van der Waals surface area contributed by atoms with Crippen molar-refractivity contribution in [1.82, 2.24) is 14.7 Å². The van der Waals surface area contributed by atoms with E-state index in [1.807, 2.05) is 4.90 Å². The van der Waals surface area contributed by atoms with Crippen LogP contribution in [-0.4, -0.2) is 96.6 Å². The molecule has 1 fully saturated rings. The van der Waals surface area contributed by atoms with Gasteiger partial charge in [0, 0.05) is 58.0 Å². The number of hydrogen-bond acceptors (Lipinski definition) is 7. The maximum Gasteiger partial charge on any atom is 0.416 e. The first-order chi connectivity index (χ1) is 20.8. The summed E-state index contributed by atoms with van der Waals surface area (Å²) in [6.07, 6.45) is -8.23. The number of ether oxygens (including phenoxy) is 2. The minimum Gasteiger partial charge on any atom is -0.454 e. The number of aliphatic hydroxyl groups is 2. The van der Waals surface area contributed by atoms with Crippen molar-refractivity contribution < 1.29 is 50.8 Å². The highest BCUT2D eigenvalue weighted by Gasteiger charge is 2.39. The summed E-state index contributed by atoms with van der Waals surface area (Å²) in [6, 6.07) is 5.93. The molecule has 0 spiro atoms. The van der Waals surface area contributed by atoms with E-state index in [0.29, 0.717) is 74.6 Å². The van der Waals surface area contributed by atoms with Gasteiger partial charge in [0.15, 0.2) is 11.5 Å². The Bertz CT molecular complexity index is 1230. The van der Waals surface area contributed by atoms with Crippen LogP contribution in [0.25, 0.3) is 0 Å². The molecule has 2 heterocycles. The number of rotatable bonds is 12. The Morgan fingerprint density at radius 1 is 0.955 bits per heavy atom. The number of nitrogens with zero attached hydrogens (tertiary/aromatic N) is 3. The Labute approximate surface area is 251 Å². The molecule has 44 heavy (non-hydrogen) atoms. The lowest BCUT2D eigenvalue weighted by Crippen LogP contribution is -2.50. The quantitative estimate of drug-likeness (QED) is 0.337. The number of amides is 1. The van der Waals surface area contributed by atoms with Crippen molar-refractivity contribution in [3.63, 3.8) is 0 Å². The van der Waals surface area contributed by atoms with Crippen molar-refractivity contribution in [2.24, 2.45) is 0 Å². The summed E-state index contributed by atoms with van der Waals surface area (Å²) in [7, 11) is 1.47. The second-order valence-corrected chi connectivity index (χ2v) is 11.0. The molecule has 2 aliphatic heterocycles. The predicted octanol–water partition coefficient (Wildman–Crippen LogP) is 4.34. The number of fused-ring (bicyclic) bond motifs is 1. The largest absolute Gasteiger partial charge is 0.454 e. The van der Waals surface area contributed by atoms with Gasteiger partial charge in [-0.1, -0.05) is 12.1 Å². The Hall–Kier alpha value is -3.07. The van der Waals surface area contributed by atoms with Gasteiger partial charge in [-0.25, -0.2) is 0 Å². The number of aliphatic hydroxyl groups excluding tert-OH is 2. The van der Waals surface area contributed by atoms with Crippen molar-refractivity contribution >= 4 is 5.91 Å². The molecule has 0 bridgehead atoms. The monoisotopic (exact) mass is 633 g/mol. The van der Waals surface area contributed by atoms with E-state index in [4.69, 9.17) is 9.47 Å². The number of piperidine rings is 1. The average Bonchev–Trinajstić information content (AvgIpc) is 3.47. The molecule has 2 aliphatic rings. The second-order valence-electron chi connectivity index (χ2n) is 11.0. The number of likely N-dealkylation sites (N-methyl/N-ethyl adjacent to an activating group) is 1. The Morgan fingerprint density at radius 2 is 1.61 bits per heavy atom. The third kappa shape index (κ3) is 8.14. The number of hydrogen-bond donors (Lipinski definition) is 2. The minimum absolute atomic E-state index is 0.0246. The van der Waals surface area contributed by atoms with Gasteiger partial charge in [0.1, 0.15) is 6.04 Å². The van der Waals surface area contributed by atoms with E-state index in [9.17, 15) is 41.4 Å². The minimum atomic E-state index is -4.96. The van der Waals surface area contributed by atoms with Crippen LogP contribution in [0.5, 0.6) is 11.5 Å². The van der Waals surface area contributed by atoms with Crippen LogP contribution >= 0.6 is 0 Å². The first-order valence-corrected chi connectivity index (χ1v) is 14.4. The molecule has 244 valence electrons. The molecule has 0 radical (unpaired) electrons. The molecular formula is C30H37F6N3O5. The fourth-order valence-corrected chi connectivity index (χ4v) is 5.82. The first kappa shape index (κ1) is 33.8. The van der Waals surface area contributed by atoms with Crippen LogP contribution in [-0.2, 0) is 23.6 Å². The predicted molar refractivity (Wildman–Crippen MR) is 148 cm³/mol. The van der Waals surface area contributed by atoms with Gasteiger partial charge in [0.2, 0.25) is 12.7 Å². The summed E-state index contributed by atoms with van der Waals surface area (Å²) in [6.45, 7) is 1.94. The maximum absolute atomic E-state index is 14.0. The van der Waals surface area contributed by atoms with Gasteiger partial charge in [0.05, 0.1) is 17.7 Å². The van der Waals surface area contributed by atoms with Crippen LogP contribution in [0.4, 0.5) is 26.3 Å². The van der Waals surface area contributed by atoms with Gasteiger partial charge in [-0.05, 0) is 55.5 Å². The van der Waals surface area contributed by atoms with Gasteiger partial charge < -0.3 is 24.6 Å². The molecule has 8 nitrogen and oxygen atoms in total. The maximum atomic E-state index is 14.0. The Balaban J connectivity index is 1.55. The molecule has 1 atom stereocenters. The molecule has 0 aliphatic carbocycles. The standard InChI is InChI=1S/C30H37F6N3O5/c1-37(10-6-20-16-21(29(31,32)33)18-22(17-20)30(34,35)36)28(42)26(24-4-2-5-25-27(24)44-19-43-25)39-11-7-23(8-12-39)38(13-15-41)9-3-14-40/h2,4-5,16-18,23,26,40-41H,3,6-15,19H2,1H3. The molecule has 2 N–H and O–H groups in total. The SMILES string of the molecule is CN(CCc1cc(C(F)(F)F)cc(C(F)(F)F)c1)C(=O)C(c1cccc2c1OCO2)N1CCC(N(CCO)CCCO)CC1. The first-order valence-electron chi connectivity index (χ1n) is 14.4. The summed E-state index contributed by atoms with van der Waals surface area (Å²) in [5.74, 6) is 0.501. The van der Waals surface area contributed by atoms with Gasteiger partial charge in [-0.15, -0.1) is 0 Å². The van der Waals surface area contributed by atoms with Gasteiger partial charge in [0.25, 0.3) is 0 Å². The highest BCUT2D eigenvalue weighted by Crippen LogP contribution is 2.42. The van der Waals surface area contributed by atoms with E-state index in [-0.39, 0.29) is 56.6 Å². The summed E-state index contributed by atoms with van der Waals surface area (Å²) >= 11 is 0. The van der Waals surface area contributed by atoms with E-state index in [0.717, 1.165) is 0 Å². The van der Waals surface area contributed by atoms with E-state index >= 15 is 0 Å². The van der Waals surface area contributed by atoms with Gasteiger partial charge >= 0.3 is 12.4 Å². The summed E-state index contributed by atoms with van der Waals surface area (Å²) < 4.78 is 91.4. The zero-order valence-corrected chi connectivity index (χ0v) is 24.3. The fourth-order valence-electron chi connectivity index (χ4n) is 5.82. The van der Waals surface area contributed by atoms with Crippen molar-refractivity contribution in [1.29, 1.82) is 0 Å². The van der Waals surface area contributed by atoms with Crippen LogP contribution in [0.1, 0.15) is 47.6 Å². The molecule has 0 saturated carbocycles. The fraction of sp³-hybridized carbons (Fsp3) is 0.567. The van der Waals surface area contributed by atoms with Gasteiger partial charge in [-0.3, -0.25) is 14.6 Å². The number of carbonyl (C=O) groups is 1. The molecule has 0 aromatic heterocycles. The van der Waals surface area contributed by atoms with E-state index in [1.165, 1.54) is 11.9 Å². The number of likely N-dealkylation sites (tertiary alicyclic amines) is 1. The molecular weight excluding hydrogens is 596 g/mol. The topological polar surface area (TPSA) is 85.7 Å². The molecule has 2 aromatic rings. The Morgan fingerprint density at radius 3 is 2.20 bits per heavy atom. The van der Waals surface area contributed by atoms with E-state index < -0.39 is 29.5 Å². The van der Waals surface area contributed by atoms with Crippen LogP contribution in [0.2, 0.25) is 0 Å². The number of alkyl halides is 6. The molecule has 2 aromatic carbocycles. The Kier molecular flexibility index (Phi) is 11.0. The number of benzene rings is 2. The smallest absolute Gasteiger partial charge is 0.416 e.